The molecule has 0 saturated carbocycles. The summed E-state index contributed by atoms with van der Waals surface area (Å²) in [6, 6.07) is 29.1. The van der Waals surface area contributed by atoms with Gasteiger partial charge in [0.2, 0.25) is 11.7 Å². The standard InChI is InChI=1S/C36H44N2O6Si/c1-26(39)38-32-30(44-45(36(2,3)4,28-20-12-6-13-21-28)29-22-14-7-15-23-29)25-31(35(41)42)43-33(32)34(40)37-24-16-8-11-19-27-17-9-5-10-18-27/h5-7,9-10,12-15,17-18,20-23,25,30,32-33H,8,11,16,19,24H2,1-4H3,(H,37,40)(H,38,39)(H,41,42)/t30-,32+,33-/m1/s1. The molecule has 238 valence electrons. The predicted molar refractivity (Wildman–Crippen MR) is 178 cm³/mol. The van der Waals surface area contributed by atoms with Gasteiger partial charge in [0, 0.05) is 13.5 Å². The first-order valence-electron chi connectivity index (χ1n) is 15.5. The molecule has 3 N–H and O–H groups in total. The highest BCUT2D eigenvalue weighted by Crippen LogP contribution is 2.39. The number of carbonyl (C=O) groups excluding carboxylic acids is 2. The molecule has 0 radical (unpaired) electrons. The number of aliphatic carboxylic acids is 1. The molecule has 0 fully saturated rings. The van der Waals surface area contributed by atoms with Crippen molar-refractivity contribution in [2.45, 2.75) is 76.7 Å². The van der Waals surface area contributed by atoms with E-state index in [0.717, 1.165) is 36.1 Å². The van der Waals surface area contributed by atoms with Crippen molar-refractivity contribution in [3.05, 3.63) is 108 Å². The zero-order valence-corrected chi connectivity index (χ0v) is 27.5. The summed E-state index contributed by atoms with van der Waals surface area (Å²) >= 11 is 0. The second kappa shape index (κ2) is 15.2. The van der Waals surface area contributed by atoms with E-state index in [9.17, 15) is 19.5 Å². The molecule has 3 aromatic rings. The summed E-state index contributed by atoms with van der Waals surface area (Å²) in [5, 5.41) is 17.3. The highest BCUT2D eigenvalue weighted by atomic mass is 28.4. The molecule has 0 aromatic heterocycles. The van der Waals surface area contributed by atoms with Gasteiger partial charge >= 0.3 is 5.97 Å². The van der Waals surface area contributed by atoms with Crippen LogP contribution in [0.5, 0.6) is 0 Å². The van der Waals surface area contributed by atoms with Crippen LogP contribution in [0.3, 0.4) is 0 Å². The van der Waals surface area contributed by atoms with Crippen LogP contribution in [-0.4, -0.2) is 56.0 Å². The Labute approximate surface area is 267 Å². The fourth-order valence-corrected chi connectivity index (χ4v) is 10.6. The summed E-state index contributed by atoms with van der Waals surface area (Å²) in [5.74, 6) is -2.58. The van der Waals surface area contributed by atoms with Gasteiger partial charge in [-0.1, -0.05) is 118 Å². The Balaban J connectivity index is 1.62. The third-order valence-electron chi connectivity index (χ3n) is 8.10. The summed E-state index contributed by atoms with van der Waals surface area (Å²) in [4.78, 5) is 38.4. The molecule has 3 atom stereocenters. The lowest BCUT2D eigenvalue weighted by atomic mass is 9.99. The molecular weight excluding hydrogens is 584 g/mol. The van der Waals surface area contributed by atoms with Crippen molar-refractivity contribution in [1.82, 2.24) is 10.6 Å². The Bertz CT molecular complexity index is 1420. The van der Waals surface area contributed by atoms with E-state index < -0.39 is 43.5 Å². The van der Waals surface area contributed by atoms with Crippen molar-refractivity contribution in [2.75, 3.05) is 6.54 Å². The van der Waals surface area contributed by atoms with E-state index in [1.807, 2.05) is 78.9 Å². The van der Waals surface area contributed by atoms with Crippen LogP contribution >= 0.6 is 0 Å². The quantitative estimate of drug-likeness (QED) is 0.192. The Kier molecular flexibility index (Phi) is 11.4. The van der Waals surface area contributed by atoms with Gasteiger partial charge in [0.25, 0.3) is 14.2 Å². The highest BCUT2D eigenvalue weighted by molar-refractivity contribution is 6.99. The van der Waals surface area contributed by atoms with Crippen LogP contribution in [0.15, 0.2) is 103 Å². The molecule has 8 nitrogen and oxygen atoms in total. The van der Waals surface area contributed by atoms with Gasteiger partial charge in [-0.15, -0.1) is 0 Å². The molecule has 0 aliphatic carbocycles. The minimum atomic E-state index is -3.20. The van der Waals surface area contributed by atoms with Crippen LogP contribution in [-0.2, 0) is 30.0 Å². The number of nitrogens with one attached hydrogen (secondary N) is 2. The Morgan fingerprint density at radius 1 is 0.844 bits per heavy atom. The smallest absolute Gasteiger partial charge is 0.370 e. The van der Waals surface area contributed by atoms with Crippen molar-refractivity contribution >= 4 is 36.5 Å². The molecule has 1 aliphatic rings. The van der Waals surface area contributed by atoms with E-state index in [-0.39, 0.29) is 11.7 Å². The number of unbranched alkanes of at least 4 members (excludes halogenated alkanes) is 2. The van der Waals surface area contributed by atoms with Crippen LogP contribution in [0.1, 0.15) is 52.5 Å². The number of carboxylic acid groups (broad SMARTS) is 1. The van der Waals surface area contributed by atoms with Crippen molar-refractivity contribution in [3.63, 3.8) is 0 Å². The van der Waals surface area contributed by atoms with E-state index >= 15 is 0 Å². The van der Waals surface area contributed by atoms with Gasteiger partial charge in [0.1, 0.15) is 6.04 Å². The molecule has 0 unspecified atom stereocenters. The molecular formula is C36H44N2O6Si. The third kappa shape index (κ3) is 8.29. The van der Waals surface area contributed by atoms with Gasteiger partial charge in [-0.25, -0.2) is 4.79 Å². The lowest BCUT2D eigenvalue weighted by Crippen LogP contribution is -2.70. The minimum absolute atomic E-state index is 0.384. The van der Waals surface area contributed by atoms with E-state index in [2.05, 4.69) is 43.5 Å². The molecule has 0 saturated heterocycles. The highest BCUT2D eigenvalue weighted by Gasteiger charge is 2.54. The van der Waals surface area contributed by atoms with Gasteiger partial charge in [-0.2, -0.15) is 0 Å². The molecule has 1 heterocycles. The van der Waals surface area contributed by atoms with Gasteiger partial charge in [0.05, 0.1) is 6.10 Å². The van der Waals surface area contributed by atoms with Gasteiger partial charge in [-0.3, -0.25) is 9.59 Å². The number of carbonyl (C=O) groups is 3. The molecule has 0 bridgehead atoms. The van der Waals surface area contributed by atoms with E-state index in [0.29, 0.717) is 6.54 Å². The SMILES string of the molecule is CC(=O)N[C@H]1[C@H](O[Si](c2ccccc2)(c2ccccc2)C(C)(C)C)C=C(C(=O)O)O[C@H]1C(=O)NCCCCCc1ccccc1. The van der Waals surface area contributed by atoms with Crippen LogP contribution in [0.25, 0.3) is 0 Å². The number of hydrogen-bond acceptors (Lipinski definition) is 5. The first-order valence-corrected chi connectivity index (χ1v) is 17.4. The fraction of sp³-hybridized carbons (Fsp3) is 0.361. The maximum atomic E-state index is 13.6. The van der Waals surface area contributed by atoms with Crippen molar-refractivity contribution < 1.29 is 28.7 Å². The van der Waals surface area contributed by atoms with Crippen LogP contribution in [0.4, 0.5) is 0 Å². The number of ether oxygens (including phenoxy) is 1. The Hall–Kier alpha value is -4.21. The summed E-state index contributed by atoms with van der Waals surface area (Å²) in [6.07, 6.45) is 2.71. The maximum Gasteiger partial charge on any atom is 0.370 e. The zero-order chi connectivity index (χ0) is 32.5. The second-order valence-electron chi connectivity index (χ2n) is 12.4. The summed E-state index contributed by atoms with van der Waals surface area (Å²) in [5.41, 5.74) is 1.27. The summed E-state index contributed by atoms with van der Waals surface area (Å²) in [6.45, 7) is 8.08. The van der Waals surface area contributed by atoms with Gasteiger partial charge in [0.15, 0.2) is 6.10 Å². The van der Waals surface area contributed by atoms with Crippen molar-refractivity contribution in [3.8, 4) is 0 Å². The number of hydrogen-bond donors (Lipinski definition) is 3. The molecule has 9 heteroatoms. The van der Waals surface area contributed by atoms with E-state index in [4.69, 9.17) is 9.16 Å². The van der Waals surface area contributed by atoms with Crippen molar-refractivity contribution in [2.24, 2.45) is 0 Å². The number of amides is 2. The number of benzene rings is 3. The topological polar surface area (TPSA) is 114 Å². The maximum absolute atomic E-state index is 13.6. The molecule has 4 rings (SSSR count). The number of rotatable bonds is 13. The molecule has 2 amide bonds. The number of carboxylic acids is 1. The van der Waals surface area contributed by atoms with Crippen LogP contribution < -0.4 is 21.0 Å². The Morgan fingerprint density at radius 2 is 1.40 bits per heavy atom. The average Bonchev–Trinajstić information content (AvgIpc) is 3.02. The summed E-state index contributed by atoms with van der Waals surface area (Å²) < 4.78 is 13.0. The monoisotopic (exact) mass is 628 g/mol. The first-order chi connectivity index (χ1) is 21.5. The molecule has 45 heavy (non-hydrogen) atoms. The molecule has 1 aliphatic heterocycles. The van der Waals surface area contributed by atoms with Crippen LogP contribution in [0, 0.1) is 0 Å². The average molecular weight is 629 g/mol. The lowest BCUT2D eigenvalue weighted by Gasteiger charge is -2.47. The largest absolute Gasteiger partial charge is 0.475 e. The normalized spacial score (nSPS) is 18.3. The molecule has 0 spiro atoms. The fourth-order valence-electron chi connectivity index (χ4n) is 6.00. The Morgan fingerprint density at radius 3 is 1.91 bits per heavy atom. The zero-order valence-electron chi connectivity index (χ0n) is 26.5. The summed E-state index contributed by atoms with van der Waals surface area (Å²) in [7, 11) is -3.20. The van der Waals surface area contributed by atoms with E-state index in [1.165, 1.54) is 18.6 Å². The first kappa shape index (κ1) is 33.7. The number of aryl methyl sites for hydroxylation is 1. The minimum Gasteiger partial charge on any atom is -0.475 e. The van der Waals surface area contributed by atoms with Gasteiger partial charge in [-0.05, 0) is 46.3 Å². The lowest BCUT2D eigenvalue weighted by molar-refractivity contribution is -0.145. The second-order valence-corrected chi connectivity index (χ2v) is 16.7. The van der Waals surface area contributed by atoms with Crippen molar-refractivity contribution in [1.29, 1.82) is 0 Å². The van der Waals surface area contributed by atoms with E-state index in [1.54, 1.807) is 0 Å². The van der Waals surface area contributed by atoms with Gasteiger partial charge < -0.3 is 24.9 Å². The third-order valence-corrected chi connectivity index (χ3v) is 13.1. The van der Waals surface area contributed by atoms with Crippen LogP contribution in [0.2, 0.25) is 5.04 Å². The molecule has 3 aromatic carbocycles. The predicted octanol–water partition coefficient (Wildman–Crippen LogP) is 4.33.